The lowest BCUT2D eigenvalue weighted by molar-refractivity contribution is -0.143. The average molecular weight is 511 g/mol. The number of allylic oxidation sites excluding steroid dienone is 1. The molecule has 0 bridgehead atoms. The summed E-state index contributed by atoms with van der Waals surface area (Å²) >= 11 is 7.40. The van der Waals surface area contributed by atoms with Crippen molar-refractivity contribution in [2.75, 3.05) is 6.61 Å². The fourth-order valence-corrected chi connectivity index (χ4v) is 5.02. The summed E-state index contributed by atoms with van der Waals surface area (Å²) in [5.41, 5.74) is 2.28. The summed E-state index contributed by atoms with van der Waals surface area (Å²) in [5.74, 6) is 0.301. The van der Waals surface area contributed by atoms with Crippen LogP contribution in [0.25, 0.3) is 6.08 Å². The lowest BCUT2D eigenvalue weighted by Crippen LogP contribution is -2.40. The Bertz CT molecular complexity index is 1430. The number of nitrogens with zero attached hydrogens (tertiary/aromatic N) is 2. The van der Waals surface area contributed by atoms with Crippen molar-refractivity contribution < 1.29 is 14.3 Å². The van der Waals surface area contributed by atoms with Crippen LogP contribution in [0.2, 0.25) is 5.02 Å². The number of thiazole rings is 1. The highest BCUT2D eigenvalue weighted by atomic mass is 35.5. The van der Waals surface area contributed by atoms with Gasteiger partial charge in [0.15, 0.2) is 4.80 Å². The molecule has 1 aliphatic rings. The molecule has 0 radical (unpaired) electrons. The number of aromatic nitrogens is 1. The Balaban J connectivity index is 1.83. The largest absolute Gasteiger partial charge is 0.494 e. The van der Waals surface area contributed by atoms with Gasteiger partial charge >= 0.3 is 5.97 Å². The molecule has 3 aromatic rings. The van der Waals surface area contributed by atoms with Crippen molar-refractivity contribution in [3.05, 3.63) is 95.6 Å². The van der Waals surface area contributed by atoms with Crippen molar-refractivity contribution >= 4 is 35.0 Å². The fourth-order valence-electron chi connectivity index (χ4n) is 3.85. The number of fused-ring (bicyclic) bond motifs is 1. The van der Waals surface area contributed by atoms with Crippen molar-refractivity contribution in [1.29, 1.82) is 0 Å². The third kappa shape index (κ3) is 5.41. The van der Waals surface area contributed by atoms with Crippen LogP contribution in [0.5, 0.6) is 5.75 Å². The van der Waals surface area contributed by atoms with E-state index in [2.05, 4.69) is 11.9 Å². The first-order chi connectivity index (χ1) is 16.8. The maximum atomic E-state index is 13.6. The molecule has 182 valence electrons. The third-order valence-electron chi connectivity index (χ3n) is 5.42. The van der Waals surface area contributed by atoms with Gasteiger partial charge in [-0.2, -0.15) is 0 Å². The topological polar surface area (TPSA) is 69.9 Å². The number of esters is 1. The second kappa shape index (κ2) is 10.6. The zero-order chi connectivity index (χ0) is 25.1. The Morgan fingerprint density at radius 1 is 1.17 bits per heavy atom. The summed E-state index contributed by atoms with van der Waals surface area (Å²) in [6.45, 7) is 8.06. The molecular weight excluding hydrogens is 484 g/mol. The Morgan fingerprint density at radius 3 is 2.49 bits per heavy atom. The second-order valence-corrected chi connectivity index (χ2v) is 9.95. The van der Waals surface area contributed by atoms with E-state index in [9.17, 15) is 9.59 Å². The molecule has 0 N–H and O–H groups in total. The molecule has 2 heterocycles. The summed E-state index contributed by atoms with van der Waals surface area (Å²) in [6.07, 6.45) is 2.46. The highest BCUT2D eigenvalue weighted by Gasteiger charge is 2.33. The first kappa shape index (κ1) is 24.9. The molecule has 1 aromatic heterocycles. The number of ether oxygens (including phenoxy) is 2. The minimum Gasteiger partial charge on any atom is -0.494 e. The zero-order valence-electron chi connectivity index (χ0n) is 20.1. The van der Waals surface area contributed by atoms with Crippen LogP contribution < -0.4 is 19.6 Å². The van der Waals surface area contributed by atoms with E-state index in [1.807, 2.05) is 42.5 Å². The van der Waals surface area contributed by atoms with Crippen molar-refractivity contribution in [3.63, 3.8) is 0 Å². The summed E-state index contributed by atoms with van der Waals surface area (Å²) in [5, 5.41) is 0.569. The molecule has 0 unspecified atom stereocenters. The average Bonchev–Trinajstić information content (AvgIpc) is 3.12. The van der Waals surface area contributed by atoms with E-state index in [1.54, 1.807) is 37.5 Å². The van der Waals surface area contributed by atoms with Crippen LogP contribution in [0.1, 0.15) is 51.3 Å². The van der Waals surface area contributed by atoms with Crippen molar-refractivity contribution in [1.82, 2.24) is 4.57 Å². The van der Waals surface area contributed by atoms with Crippen LogP contribution in [0, 0.1) is 0 Å². The van der Waals surface area contributed by atoms with Crippen molar-refractivity contribution in [2.45, 2.75) is 46.3 Å². The monoisotopic (exact) mass is 510 g/mol. The van der Waals surface area contributed by atoms with Crippen molar-refractivity contribution in [2.24, 2.45) is 4.99 Å². The molecule has 0 aliphatic carbocycles. The number of carbonyl (C=O) groups excluding carboxylic acids is 1. The Kier molecular flexibility index (Phi) is 7.57. The van der Waals surface area contributed by atoms with Gasteiger partial charge in [0.1, 0.15) is 5.75 Å². The Hall–Kier alpha value is -3.16. The predicted octanol–water partition coefficient (Wildman–Crippen LogP) is 4.63. The van der Waals surface area contributed by atoms with Gasteiger partial charge in [-0.3, -0.25) is 9.36 Å². The molecule has 1 atom stereocenters. The maximum absolute atomic E-state index is 13.6. The van der Waals surface area contributed by atoms with E-state index in [4.69, 9.17) is 21.1 Å². The predicted molar refractivity (Wildman–Crippen MR) is 139 cm³/mol. The molecule has 0 amide bonds. The van der Waals surface area contributed by atoms with E-state index in [0.29, 0.717) is 32.2 Å². The summed E-state index contributed by atoms with van der Waals surface area (Å²) in [4.78, 5) is 31.9. The van der Waals surface area contributed by atoms with E-state index in [0.717, 1.165) is 23.3 Å². The standard InChI is InChI=1S/C27H27ClN2O4S/c1-5-14-33-21-12-6-18(7-13-21)15-22-25(31)30-24(19-8-10-20(28)11-9-19)23(26(32)34-16(2)3)17(4)29-27(30)35-22/h6-13,15-16,24H,5,14H2,1-4H3/b22-15-/t24-/m1/s1. The SMILES string of the molecule is CCCOc1ccc(/C=c2\sc3n(c2=O)[C@H](c2ccc(Cl)cc2)C(C(=O)OC(C)C)=C(C)N=3)cc1. The Labute approximate surface area is 212 Å². The van der Waals surface area contributed by atoms with Gasteiger partial charge < -0.3 is 9.47 Å². The van der Waals surface area contributed by atoms with E-state index in [1.165, 1.54) is 11.3 Å². The molecule has 35 heavy (non-hydrogen) atoms. The number of rotatable bonds is 7. The molecule has 4 rings (SSSR count). The maximum Gasteiger partial charge on any atom is 0.338 e. The molecule has 0 fully saturated rings. The molecule has 0 spiro atoms. The number of benzene rings is 2. The van der Waals surface area contributed by atoms with Gasteiger partial charge in [-0.05, 0) is 68.7 Å². The molecule has 0 saturated heterocycles. The van der Waals surface area contributed by atoms with Crippen LogP contribution in [0.4, 0.5) is 0 Å². The minimum atomic E-state index is -0.665. The molecular formula is C27H27ClN2O4S. The van der Waals surface area contributed by atoms with Gasteiger partial charge in [0.25, 0.3) is 5.56 Å². The lowest BCUT2D eigenvalue weighted by atomic mass is 9.96. The first-order valence-corrected chi connectivity index (χ1v) is 12.7. The smallest absolute Gasteiger partial charge is 0.338 e. The Morgan fingerprint density at radius 2 is 1.86 bits per heavy atom. The van der Waals surface area contributed by atoms with Crippen LogP contribution in [0.3, 0.4) is 0 Å². The van der Waals surface area contributed by atoms with Gasteiger partial charge in [-0.25, -0.2) is 9.79 Å². The van der Waals surface area contributed by atoms with Crippen molar-refractivity contribution in [3.8, 4) is 5.75 Å². The van der Waals surface area contributed by atoms with Crippen LogP contribution >= 0.6 is 22.9 Å². The van der Waals surface area contributed by atoms with Gasteiger partial charge in [0.2, 0.25) is 0 Å². The molecule has 0 saturated carbocycles. The quantitative estimate of drug-likeness (QED) is 0.434. The number of hydrogen-bond donors (Lipinski definition) is 0. The normalized spacial score (nSPS) is 15.7. The summed E-state index contributed by atoms with van der Waals surface area (Å²) in [6, 6.07) is 14.1. The molecule has 1 aliphatic heterocycles. The zero-order valence-corrected chi connectivity index (χ0v) is 21.7. The second-order valence-electron chi connectivity index (χ2n) is 8.50. The van der Waals surface area contributed by atoms with Gasteiger partial charge in [-0.15, -0.1) is 0 Å². The van der Waals surface area contributed by atoms with Crippen LogP contribution in [-0.2, 0) is 9.53 Å². The first-order valence-electron chi connectivity index (χ1n) is 11.5. The molecule has 2 aromatic carbocycles. The third-order valence-corrected chi connectivity index (χ3v) is 6.66. The molecule has 6 nitrogen and oxygen atoms in total. The van der Waals surface area contributed by atoms with Crippen LogP contribution in [0.15, 0.2) is 69.6 Å². The number of hydrogen-bond acceptors (Lipinski definition) is 6. The summed E-state index contributed by atoms with van der Waals surface area (Å²) < 4.78 is 13.3. The minimum absolute atomic E-state index is 0.220. The van der Waals surface area contributed by atoms with Gasteiger partial charge in [0, 0.05) is 5.02 Å². The van der Waals surface area contributed by atoms with E-state index in [-0.39, 0.29) is 11.7 Å². The lowest BCUT2D eigenvalue weighted by Gasteiger charge is -2.25. The molecule has 8 heteroatoms. The highest BCUT2D eigenvalue weighted by molar-refractivity contribution is 7.07. The van der Waals surface area contributed by atoms with Crippen LogP contribution in [-0.4, -0.2) is 23.2 Å². The fraction of sp³-hybridized carbons (Fsp3) is 0.296. The number of carbonyl (C=O) groups is 1. The van der Waals surface area contributed by atoms with E-state index < -0.39 is 12.0 Å². The van der Waals surface area contributed by atoms with E-state index >= 15 is 0 Å². The van der Waals surface area contributed by atoms with Gasteiger partial charge in [-0.1, -0.05) is 54.1 Å². The van der Waals surface area contributed by atoms with Gasteiger partial charge in [0.05, 0.1) is 34.6 Å². The number of halogens is 1. The summed E-state index contributed by atoms with van der Waals surface area (Å²) in [7, 11) is 0. The highest BCUT2D eigenvalue weighted by Crippen LogP contribution is 2.31.